The Morgan fingerprint density at radius 1 is 1.07 bits per heavy atom. The van der Waals surface area contributed by atoms with E-state index in [1.807, 2.05) is 12.1 Å². The highest BCUT2D eigenvalue weighted by Crippen LogP contribution is 2.34. The number of aromatic nitrogens is 4. The molecule has 1 N–H and O–H groups in total. The van der Waals surface area contributed by atoms with Gasteiger partial charge in [-0.05, 0) is 58.6 Å². The lowest BCUT2D eigenvalue weighted by Crippen LogP contribution is -2.24. The molecule has 0 spiro atoms. The third-order valence-corrected chi connectivity index (χ3v) is 5.92. The quantitative estimate of drug-likeness (QED) is 0.580. The Kier molecular flexibility index (Phi) is 4.92. The zero-order valence-electron chi connectivity index (χ0n) is 15.2. The van der Waals surface area contributed by atoms with Crippen molar-refractivity contribution < 1.29 is 14.4 Å². The number of carbonyl (C=O) groups is 3. The number of fused-ring (bicyclic) bond motifs is 1. The minimum absolute atomic E-state index is 0.221. The number of imide groups is 1. The molecule has 11 heteroatoms. The molecule has 3 aromatic rings. The third-order valence-electron chi connectivity index (χ3n) is 4.32. The number of amides is 3. The molecule has 4 rings (SSSR count). The first-order valence-corrected chi connectivity index (χ1v) is 9.93. The molecular formula is C18H13BrN6O3S. The van der Waals surface area contributed by atoms with Crippen LogP contribution in [-0.4, -0.2) is 49.9 Å². The lowest BCUT2D eigenvalue weighted by molar-refractivity contribution is 0.0693. The van der Waals surface area contributed by atoms with Crippen LogP contribution in [0.1, 0.15) is 31.1 Å². The van der Waals surface area contributed by atoms with Gasteiger partial charge in [-0.3, -0.25) is 19.3 Å². The summed E-state index contributed by atoms with van der Waals surface area (Å²) in [6.07, 6.45) is 0. The first kappa shape index (κ1) is 19.3. The fraction of sp³-hybridized carbons (Fsp3) is 0.111. The van der Waals surface area contributed by atoms with Crippen LogP contribution in [0.15, 0.2) is 50.9 Å². The highest BCUT2D eigenvalue weighted by Gasteiger charge is 2.33. The second-order valence-corrected chi connectivity index (χ2v) is 8.14. The summed E-state index contributed by atoms with van der Waals surface area (Å²) >= 11 is 4.70. The lowest BCUT2D eigenvalue weighted by Gasteiger charge is -2.11. The molecule has 0 saturated heterocycles. The van der Waals surface area contributed by atoms with Crippen LogP contribution in [0.2, 0.25) is 0 Å². The molecule has 9 nitrogen and oxygen atoms in total. The molecule has 0 atom stereocenters. The topological polar surface area (TPSA) is 110 Å². The second-order valence-electron chi connectivity index (χ2n) is 6.21. The van der Waals surface area contributed by atoms with Gasteiger partial charge >= 0.3 is 0 Å². The van der Waals surface area contributed by atoms with Crippen molar-refractivity contribution >= 4 is 51.1 Å². The number of hydrogen-bond donors (Lipinski definition) is 1. The Morgan fingerprint density at radius 2 is 1.83 bits per heavy atom. The summed E-state index contributed by atoms with van der Waals surface area (Å²) in [4.78, 5) is 38.8. The zero-order chi connectivity index (χ0) is 20.7. The summed E-state index contributed by atoms with van der Waals surface area (Å²) < 4.78 is 2.31. The minimum atomic E-state index is -0.423. The number of aryl methyl sites for hydroxylation is 1. The normalized spacial score (nSPS) is 13.0. The van der Waals surface area contributed by atoms with Crippen LogP contribution < -0.4 is 5.32 Å². The molecule has 3 amide bonds. The van der Waals surface area contributed by atoms with Crippen LogP contribution in [0.5, 0.6) is 0 Å². The summed E-state index contributed by atoms with van der Waals surface area (Å²) in [6, 6.07) is 9.90. The number of rotatable bonds is 4. The average molecular weight is 473 g/mol. The predicted octanol–water partition coefficient (Wildman–Crippen LogP) is 2.60. The molecular weight excluding hydrogens is 460 g/mol. The van der Waals surface area contributed by atoms with Crippen molar-refractivity contribution in [2.45, 2.75) is 10.1 Å². The van der Waals surface area contributed by atoms with E-state index in [0.29, 0.717) is 16.4 Å². The fourth-order valence-corrected chi connectivity index (χ4v) is 3.95. The van der Waals surface area contributed by atoms with Crippen LogP contribution in [-0.2, 0) is 7.05 Å². The Bertz CT molecular complexity index is 1180. The second kappa shape index (κ2) is 7.41. The summed E-state index contributed by atoms with van der Waals surface area (Å²) in [5, 5.41) is 14.8. The van der Waals surface area contributed by atoms with Gasteiger partial charge in [0.25, 0.3) is 17.7 Å². The van der Waals surface area contributed by atoms with Crippen LogP contribution in [0.3, 0.4) is 0 Å². The molecule has 0 bridgehead atoms. The maximum atomic E-state index is 12.8. The molecule has 0 unspecified atom stereocenters. The van der Waals surface area contributed by atoms with E-state index in [0.717, 1.165) is 14.3 Å². The van der Waals surface area contributed by atoms with Gasteiger partial charge in [0.15, 0.2) is 0 Å². The molecule has 0 radical (unpaired) electrons. The maximum Gasteiger partial charge on any atom is 0.261 e. The number of benzene rings is 2. The minimum Gasteiger partial charge on any atom is -0.321 e. The number of halogens is 1. The van der Waals surface area contributed by atoms with Gasteiger partial charge in [-0.1, -0.05) is 15.9 Å². The largest absolute Gasteiger partial charge is 0.321 e. The van der Waals surface area contributed by atoms with Crippen molar-refractivity contribution in [1.82, 2.24) is 25.1 Å². The molecule has 2 heterocycles. The average Bonchev–Trinajstić information content (AvgIpc) is 3.20. The summed E-state index contributed by atoms with van der Waals surface area (Å²) in [6.45, 7) is 0. The molecule has 29 heavy (non-hydrogen) atoms. The number of nitrogens with zero attached hydrogens (tertiary/aromatic N) is 5. The molecule has 1 aromatic heterocycles. The fourth-order valence-electron chi connectivity index (χ4n) is 2.79. The number of hydrogen-bond acceptors (Lipinski definition) is 7. The van der Waals surface area contributed by atoms with Gasteiger partial charge in [0, 0.05) is 29.0 Å². The van der Waals surface area contributed by atoms with Gasteiger partial charge in [-0.2, -0.15) is 0 Å². The first-order chi connectivity index (χ1) is 13.8. The van der Waals surface area contributed by atoms with Gasteiger partial charge < -0.3 is 5.32 Å². The standard InChI is InChI=1S/C18H13BrN6O3S/c1-24-16(27)11-5-3-9(7-12(11)17(24)28)15(26)20-13-8-10(19)4-6-14(13)29-18-21-22-23-25(18)2/h3-8H,1-2H3,(H,20,26). The maximum absolute atomic E-state index is 12.8. The molecule has 1 aliphatic rings. The molecule has 0 aliphatic carbocycles. The van der Waals surface area contributed by atoms with Crippen LogP contribution in [0.4, 0.5) is 5.69 Å². The van der Waals surface area contributed by atoms with Gasteiger partial charge in [0.2, 0.25) is 5.16 Å². The number of nitrogens with one attached hydrogen (secondary N) is 1. The Hall–Kier alpha value is -3.05. The van der Waals surface area contributed by atoms with Gasteiger partial charge in [-0.25, -0.2) is 4.68 Å². The Morgan fingerprint density at radius 3 is 2.55 bits per heavy atom. The summed E-state index contributed by atoms with van der Waals surface area (Å²) in [5.74, 6) is -1.20. The lowest BCUT2D eigenvalue weighted by atomic mass is 10.1. The Labute approximate surface area is 177 Å². The van der Waals surface area contributed by atoms with E-state index in [-0.39, 0.29) is 17.0 Å². The van der Waals surface area contributed by atoms with Crippen molar-refractivity contribution in [3.8, 4) is 0 Å². The van der Waals surface area contributed by atoms with E-state index in [1.54, 1.807) is 13.1 Å². The van der Waals surface area contributed by atoms with Crippen molar-refractivity contribution in [1.29, 1.82) is 0 Å². The highest BCUT2D eigenvalue weighted by molar-refractivity contribution is 9.10. The van der Waals surface area contributed by atoms with Crippen LogP contribution in [0.25, 0.3) is 0 Å². The van der Waals surface area contributed by atoms with Crippen molar-refractivity contribution in [3.05, 3.63) is 57.6 Å². The summed E-state index contributed by atoms with van der Waals surface area (Å²) in [5.41, 5.74) is 1.34. The molecule has 1 aliphatic heterocycles. The van der Waals surface area contributed by atoms with Crippen molar-refractivity contribution in [3.63, 3.8) is 0 Å². The van der Waals surface area contributed by atoms with E-state index in [2.05, 4.69) is 36.8 Å². The van der Waals surface area contributed by atoms with E-state index in [4.69, 9.17) is 0 Å². The predicted molar refractivity (Wildman–Crippen MR) is 108 cm³/mol. The number of tetrazole rings is 1. The monoisotopic (exact) mass is 472 g/mol. The van der Waals surface area contributed by atoms with Gasteiger partial charge in [-0.15, -0.1) is 5.10 Å². The molecule has 0 fully saturated rings. The van der Waals surface area contributed by atoms with Crippen molar-refractivity contribution in [2.24, 2.45) is 7.05 Å². The van der Waals surface area contributed by atoms with Crippen LogP contribution in [0, 0.1) is 0 Å². The third kappa shape index (κ3) is 3.54. The van der Waals surface area contributed by atoms with Gasteiger partial charge in [0.1, 0.15) is 0 Å². The van der Waals surface area contributed by atoms with Gasteiger partial charge in [0.05, 0.1) is 16.8 Å². The van der Waals surface area contributed by atoms with E-state index < -0.39 is 11.8 Å². The van der Waals surface area contributed by atoms with Crippen molar-refractivity contribution in [2.75, 3.05) is 12.4 Å². The van der Waals surface area contributed by atoms with E-state index >= 15 is 0 Å². The number of anilines is 1. The zero-order valence-corrected chi connectivity index (χ0v) is 17.6. The first-order valence-electron chi connectivity index (χ1n) is 8.32. The van der Waals surface area contributed by atoms with E-state index in [1.165, 1.54) is 41.7 Å². The Balaban J connectivity index is 1.63. The molecule has 146 valence electrons. The van der Waals surface area contributed by atoms with Crippen LogP contribution >= 0.6 is 27.7 Å². The smallest absolute Gasteiger partial charge is 0.261 e. The SMILES string of the molecule is CN1C(=O)c2ccc(C(=O)Nc3cc(Br)ccc3Sc3nnnn3C)cc2C1=O. The highest BCUT2D eigenvalue weighted by atomic mass is 79.9. The summed E-state index contributed by atoms with van der Waals surface area (Å²) in [7, 11) is 3.13. The van der Waals surface area contributed by atoms with E-state index in [9.17, 15) is 14.4 Å². The number of carbonyl (C=O) groups excluding carboxylic acids is 3. The molecule has 2 aromatic carbocycles. The molecule has 0 saturated carbocycles.